The van der Waals surface area contributed by atoms with Crippen LogP contribution in [-0.4, -0.2) is 96.5 Å². The van der Waals surface area contributed by atoms with Crippen molar-refractivity contribution >= 4 is 90.2 Å². The standard InChI is InChI=1S/C15H16N2O2.2C14H14N2O2.C12H13NO2.C10H9NO2/c1-16-9-8-12(15(18)19-3)13-10-17(2)14-7-5-4-6-11(13)14;1-16-8-11(9-4-2-3-5-12(9)16)10-6-7-13(17)15-14(10)18;1-15-8-7-11(14(17)18)12-9-16(2)13-6-4-3-5-10(12)13;1-13-8-9(7-12(14)15-2)10-5-3-4-6-11(10)13;12-10(13)5-7-6-11-9-4-2-1-3-8(7)9/h4-7,10,12H,8-9H2,2-3H3;2-5,8,10H,6-7H2,1H3,(H,15,17,18);3-6,9,11H,7-8H2,2H3,(H,17,18);3-6,8H,7H2,1-2H3;1-4,6,11H,5H2,(H,12,13). The number of carboxylic acids is 2. The number of methoxy groups -OCH3 is 2. The van der Waals surface area contributed by atoms with Gasteiger partial charge in [0.1, 0.15) is 0 Å². The summed E-state index contributed by atoms with van der Waals surface area (Å²) in [5.74, 6) is -3.69. The van der Waals surface area contributed by atoms with E-state index in [1.165, 1.54) is 14.2 Å². The Bertz CT molecular complexity index is 4050. The van der Waals surface area contributed by atoms with Gasteiger partial charge in [-0.15, -0.1) is 0 Å². The van der Waals surface area contributed by atoms with Crippen LogP contribution < -0.4 is 5.32 Å². The lowest BCUT2D eigenvalue weighted by Crippen LogP contribution is -2.39. The predicted octanol–water partition coefficient (Wildman–Crippen LogP) is 10.8. The van der Waals surface area contributed by atoms with Crippen molar-refractivity contribution < 1.29 is 48.5 Å². The minimum absolute atomic E-state index is 0.0734. The van der Waals surface area contributed by atoms with E-state index in [-0.39, 0.29) is 48.6 Å². The van der Waals surface area contributed by atoms with E-state index in [1.807, 2.05) is 193 Å². The first-order valence-corrected chi connectivity index (χ1v) is 26.8. The topological polar surface area (TPSA) is 218 Å². The van der Waals surface area contributed by atoms with Crippen molar-refractivity contribution in [3.05, 3.63) is 203 Å². The number of rotatable bonds is 13. The first-order valence-electron chi connectivity index (χ1n) is 26.8. The van der Waals surface area contributed by atoms with E-state index >= 15 is 0 Å². The Hall–Kier alpha value is -10.2. The molecule has 2 amide bonds. The Morgan fingerprint density at radius 1 is 0.590 bits per heavy atom. The average Bonchev–Trinajstić information content (AvgIpc) is 4.49. The molecule has 5 aromatic carbocycles. The maximum Gasteiger partial charge on any atom is 0.313 e. The number of aliphatic carboxylic acids is 2. The van der Waals surface area contributed by atoms with Crippen molar-refractivity contribution in [2.75, 3.05) is 27.3 Å². The minimum Gasteiger partial charge on any atom is -0.481 e. The van der Waals surface area contributed by atoms with E-state index in [9.17, 15) is 33.9 Å². The first kappa shape index (κ1) is 60.4. The van der Waals surface area contributed by atoms with E-state index < -0.39 is 17.9 Å². The molecule has 426 valence electrons. The van der Waals surface area contributed by atoms with Crippen molar-refractivity contribution in [1.29, 1.82) is 0 Å². The van der Waals surface area contributed by atoms with Gasteiger partial charge in [-0.25, -0.2) is 13.1 Å². The number of H-pyrrole nitrogens is 1. The molecular weight excluding hydrogens is 1050 g/mol. The molecule has 83 heavy (non-hydrogen) atoms. The fraction of sp³-hybridized carbons (Fsp3) is 0.262. The van der Waals surface area contributed by atoms with E-state index in [1.54, 1.807) is 6.20 Å². The van der Waals surface area contributed by atoms with Crippen LogP contribution in [0.5, 0.6) is 0 Å². The number of nitrogens with zero attached hydrogens (tertiary/aromatic N) is 6. The second-order valence-corrected chi connectivity index (χ2v) is 19.9. The number of aromatic amines is 1. The Balaban J connectivity index is 0.000000150. The Labute approximate surface area is 480 Å². The summed E-state index contributed by atoms with van der Waals surface area (Å²) in [6.45, 7) is 14.2. The number of carbonyl (C=O) groups is 6. The smallest absolute Gasteiger partial charge is 0.313 e. The lowest BCUT2D eigenvalue weighted by atomic mass is 9.90. The van der Waals surface area contributed by atoms with Gasteiger partial charge in [-0.05, 0) is 64.6 Å². The summed E-state index contributed by atoms with van der Waals surface area (Å²) >= 11 is 0. The van der Waals surface area contributed by atoms with Crippen molar-refractivity contribution in [1.82, 2.24) is 28.6 Å². The molecule has 0 bridgehead atoms. The molecule has 18 nitrogen and oxygen atoms in total. The van der Waals surface area contributed by atoms with Crippen LogP contribution >= 0.6 is 0 Å². The molecule has 18 heteroatoms. The summed E-state index contributed by atoms with van der Waals surface area (Å²) in [7, 11) is 10.6. The lowest BCUT2D eigenvalue weighted by molar-refractivity contribution is -0.143. The maximum absolute atomic E-state index is 11.9. The molecular formula is C65H66N8O10. The van der Waals surface area contributed by atoms with Crippen molar-refractivity contribution in [2.45, 2.75) is 56.3 Å². The summed E-state index contributed by atoms with van der Waals surface area (Å²) < 4.78 is 17.5. The zero-order chi connectivity index (χ0) is 59.7. The molecule has 1 aliphatic rings. The van der Waals surface area contributed by atoms with E-state index in [4.69, 9.17) is 23.0 Å². The van der Waals surface area contributed by atoms with Gasteiger partial charge in [0, 0.05) is 133 Å². The average molecular weight is 1120 g/mol. The van der Waals surface area contributed by atoms with Crippen LogP contribution in [0.4, 0.5) is 0 Å². The van der Waals surface area contributed by atoms with Crippen LogP contribution in [-0.2, 0) is 79.3 Å². The van der Waals surface area contributed by atoms with Gasteiger partial charge >= 0.3 is 23.9 Å². The second-order valence-electron chi connectivity index (χ2n) is 19.9. The third-order valence-electron chi connectivity index (χ3n) is 14.6. The predicted molar refractivity (Wildman–Crippen MR) is 319 cm³/mol. The first-order chi connectivity index (χ1) is 40.0. The molecule has 10 aromatic rings. The molecule has 0 saturated carbocycles. The van der Waals surface area contributed by atoms with Gasteiger partial charge in [0.15, 0.2) is 0 Å². The quantitative estimate of drug-likeness (QED) is 0.0486. The summed E-state index contributed by atoms with van der Waals surface area (Å²) in [4.78, 5) is 77.7. The van der Waals surface area contributed by atoms with Crippen molar-refractivity contribution in [3.63, 3.8) is 0 Å². The zero-order valence-electron chi connectivity index (χ0n) is 47.2. The van der Waals surface area contributed by atoms with Crippen molar-refractivity contribution in [2.24, 2.45) is 28.2 Å². The zero-order valence-corrected chi connectivity index (χ0v) is 47.2. The molecule has 6 heterocycles. The number of piperidine rings is 1. The number of nitrogens with one attached hydrogen (secondary N) is 2. The number of amides is 2. The van der Waals surface area contributed by atoms with E-state index in [0.717, 1.165) is 82.3 Å². The number of carboxylic acid groups (broad SMARTS) is 2. The van der Waals surface area contributed by atoms with Gasteiger partial charge in [-0.3, -0.25) is 34.1 Å². The van der Waals surface area contributed by atoms with Gasteiger partial charge in [-0.2, -0.15) is 0 Å². The summed E-state index contributed by atoms with van der Waals surface area (Å²) in [6.07, 6.45) is 11.8. The number of imide groups is 1. The minimum atomic E-state index is -0.866. The van der Waals surface area contributed by atoms with Gasteiger partial charge in [0.25, 0.3) is 0 Å². The molecule has 5 aromatic heterocycles. The Morgan fingerprint density at radius 3 is 1.59 bits per heavy atom. The number of hydrogen-bond acceptors (Lipinski definition) is 8. The molecule has 11 rings (SSSR count). The summed E-state index contributed by atoms with van der Waals surface area (Å²) in [5, 5.41) is 25.6. The highest BCUT2D eigenvalue weighted by Gasteiger charge is 2.30. The maximum atomic E-state index is 11.9. The van der Waals surface area contributed by atoms with Gasteiger partial charge in [0.05, 0.1) is 44.8 Å². The molecule has 0 aliphatic carbocycles. The number of para-hydroxylation sites is 5. The Morgan fingerprint density at radius 2 is 1.06 bits per heavy atom. The number of ether oxygens (including phenoxy) is 2. The number of fused-ring (bicyclic) bond motifs is 5. The monoisotopic (exact) mass is 1120 g/mol. The normalized spacial score (nSPS) is 13.3. The SMILES string of the molecule is COC(=O)Cc1cn(C)c2ccccc12.Cn1cc(C2CCC(=O)NC2=O)c2ccccc21.O=C(O)Cc1c[nH]c2ccccc12.[C-]#[N+]CCC(C(=O)O)c1cn(C)c2ccccc12.[C-]#[N+]CCC(C(=O)OC)c1cn(C)c2ccccc12. The highest BCUT2D eigenvalue weighted by Crippen LogP contribution is 2.34. The molecule has 1 saturated heterocycles. The number of benzene rings is 5. The van der Waals surface area contributed by atoms with Gasteiger partial charge in [-0.1, -0.05) is 91.0 Å². The van der Waals surface area contributed by atoms with Crippen LogP contribution in [0.2, 0.25) is 0 Å². The molecule has 1 aliphatic heterocycles. The number of hydrogen-bond donors (Lipinski definition) is 4. The van der Waals surface area contributed by atoms with Crippen molar-refractivity contribution in [3.8, 4) is 0 Å². The summed E-state index contributed by atoms with van der Waals surface area (Å²) in [5.41, 5.74) is 9.92. The second kappa shape index (κ2) is 28.3. The third-order valence-corrected chi connectivity index (χ3v) is 14.6. The molecule has 3 unspecified atom stereocenters. The number of esters is 2. The largest absolute Gasteiger partial charge is 0.481 e. The molecule has 1 fully saturated rings. The van der Waals surface area contributed by atoms with Crippen LogP contribution in [0.3, 0.4) is 0 Å². The fourth-order valence-electron chi connectivity index (χ4n) is 10.5. The fourth-order valence-corrected chi connectivity index (χ4v) is 10.5. The van der Waals surface area contributed by atoms with Crippen LogP contribution in [0.1, 0.15) is 71.3 Å². The molecule has 0 spiro atoms. The molecule has 0 radical (unpaired) electrons. The van der Waals surface area contributed by atoms with E-state index in [2.05, 4.69) is 24.7 Å². The van der Waals surface area contributed by atoms with E-state index in [0.29, 0.717) is 38.6 Å². The molecule has 4 N–H and O–H groups in total. The van der Waals surface area contributed by atoms with Gasteiger partial charge < -0.3 is 52.6 Å². The number of aryl methyl sites for hydroxylation is 4. The van der Waals surface area contributed by atoms with Gasteiger partial charge in [0.2, 0.25) is 24.9 Å². The lowest BCUT2D eigenvalue weighted by Gasteiger charge is -2.20. The highest BCUT2D eigenvalue weighted by molar-refractivity contribution is 6.03. The van der Waals surface area contributed by atoms with Crippen LogP contribution in [0.25, 0.3) is 64.2 Å². The Kier molecular flexibility index (Phi) is 20.6. The number of aromatic nitrogens is 5. The molecule has 3 atom stereocenters. The van der Waals surface area contributed by atoms with Crippen LogP contribution in [0, 0.1) is 13.1 Å². The third kappa shape index (κ3) is 14.6. The summed E-state index contributed by atoms with van der Waals surface area (Å²) in [6, 6.07) is 39.4. The number of carbonyl (C=O) groups excluding carboxylic acids is 4. The highest BCUT2D eigenvalue weighted by atomic mass is 16.5. The van der Waals surface area contributed by atoms with Crippen LogP contribution in [0.15, 0.2) is 152 Å².